The molecule has 1 rings (SSSR count). The number of amides is 1. The molecule has 0 aliphatic heterocycles. The number of carbonyl (C=O) groups excluding carboxylic acids is 1. The second kappa shape index (κ2) is 6.47. The number of hydrogen-bond donors (Lipinski definition) is 2. The molecule has 4 nitrogen and oxygen atoms in total. The van der Waals surface area contributed by atoms with E-state index < -0.39 is 17.3 Å². The van der Waals surface area contributed by atoms with E-state index in [2.05, 4.69) is 5.32 Å². The molecule has 2 N–H and O–H groups in total. The molecule has 0 radical (unpaired) electrons. The number of aliphatic hydroxyl groups is 1. The minimum atomic E-state index is -0.796. The van der Waals surface area contributed by atoms with Crippen molar-refractivity contribution in [2.45, 2.75) is 26.3 Å². The van der Waals surface area contributed by atoms with Gasteiger partial charge in [-0.15, -0.1) is 0 Å². The molecule has 0 unspecified atom stereocenters. The summed E-state index contributed by atoms with van der Waals surface area (Å²) in [6, 6.07) is 2.75. The van der Waals surface area contributed by atoms with Gasteiger partial charge in [0, 0.05) is 6.07 Å². The Kier molecular flexibility index (Phi) is 5.89. The highest BCUT2D eigenvalue weighted by Crippen LogP contribution is 2.21. The topological polar surface area (TPSA) is 58.6 Å². The molecule has 0 aliphatic carbocycles. The number of hydrogen-bond acceptors (Lipinski definition) is 3. The van der Waals surface area contributed by atoms with Gasteiger partial charge in [-0.2, -0.15) is 0 Å². The first kappa shape index (κ1) is 17.3. The zero-order chi connectivity index (χ0) is 13.9. The molecule has 0 saturated heterocycles. The van der Waals surface area contributed by atoms with Crippen LogP contribution in [0.3, 0.4) is 0 Å². The van der Waals surface area contributed by atoms with Crippen LogP contribution >= 0.6 is 0 Å². The van der Waals surface area contributed by atoms with E-state index in [4.69, 9.17) is 9.84 Å². The summed E-state index contributed by atoms with van der Waals surface area (Å²) in [6.07, 6.45) is 0. The van der Waals surface area contributed by atoms with E-state index in [1.807, 2.05) is 0 Å². The summed E-state index contributed by atoms with van der Waals surface area (Å²) in [5.41, 5.74) is -0.342. The van der Waals surface area contributed by atoms with Crippen LogP contribution in [0.2, 0.25) is 0 Å². The predicted octanol–water partition coefficient (Wildman–Crippen LogP) is 1.80. The van der Waals surface area contributed by atoms with Gasteiger partial charge in [-0.05, 0) is 32.4 Å². The lowest BCUT2D eigenvalue weighted by molar-refractivity contribution is 0.0864. The molecule has 19 heavy (non-hydrogen) atoms. The third kappa shape index (κ3) is 4.17. The lowest BCUT2D eigenvalue weighted by Gasteiger charge is -2.24. The van der Waals surface area contributed by atoms with Crippen LogP contribution in [0.5, 0.6) is 5.75 Å². The summed E-state index contributed by atoms with van der Waals surface area (Å²) in [5, 5.41) is 11.7. The Morgan fingerprint density at radius 1 is 1.47 bits per heavy atom. The molecule has 0 atom stereocenters. The third-order valence-corrected chi connectivity index (χ3v) is 2.57. The standard InChI is InChI=1S/C13H18FNO3.FH/c1-8-5-9(18-4)6-10(14)11(8)12(17)15-13(2,3)7-16;/h5-6,16H,7H2,1-4H3,(H,15,17);1H. The number of nitrogens with one attached hydrogen (secondary N) is 1. The molecule has 0 aliphatic rings. The molecule has 0 bridgehead atoms. The smallest absolute Gasteiger partial charge is 0.255 e. The first-order valence-corrected chi connectivity index (χ1v) is 5.58. The van der Waals surface area contributed by atoms with E-state index >= 15 is 0 Å². The molecule has 0 heterocycles. The summed E-state index contributed by atoms with van der Waals surface area (Å²) < 4.78 is 18.7. The lowest BCUT2D eigenvalue weighted by atomic mass is 10.0. The molecule has 108 valence electrons. The van der Waals surface area contributed by atoms with E-state index in [-0.39, 0.29) is 16.9 Å². The van der Waals surface area contributed by atoms with Gasteiger partial charge >= 0.3 is 0 Å². The maximum Gasteiger partial charge on any atom is 0.255 e. The van der Waals surface area contributed by atoms with E-state index in [1.165, 1.54) is 7.11 Å². The van der Waals surface area contributed by atoms with Crippen molar-refractivity contribution in [3.8, 4) is 5.75 Å². The summed E-state index contributed by atoms with van der Waals surface area (Å²) in [5.74, 6) is -0.826. The van der Waals surface area contributed by atoms with Gasteiger partial charge < -0.3 is 15.2 Å². The maximum absolute atomic E-state index is 13.8. The quantitative estimate of drug-likeness (QED) is 0.881. The summed E-state index contributed by atoms with van der Waals surface area (Å²) in [6.45, 7) is 4.71. The first-order valence-electron chi connectivity index (χ1n) is 5.58. The van der Waals surface area contributed by atoms with Gasteiger partial charge in [0.15, 0.2) is 0 Å². The Labute approximate surface area is 110 Å². The van der Waals surface area contributed by atoms with Crippen molar-refractivity contribution < 1.29 is 23.7 Å². The third-order valence-electron chi connectivity index (χ3n) is 2.57. The van der Waals surface area contributed by atoms with Crippen molar-refractivity contribution in [3.63, 3.8) is 0 Å². The summed E-state index contributed by atoms with van der Waals surface area (Å²) in [7, 11) is 1.43. The van der Waals surface area contributed by atoms with Gasteiger partial charge in [0.2, 0.25) is 0 Å². The number of aliphatic hydroxyl groups excluding tert-OH is 1. The van der Waals surface area contributed by atoms with Gasteiger partial charge in [-0.3, -0.25) is 9.50 Å². The minimum Gasteiger partial charge on any atom is -0.497 e. The summed E-state index contributed by atoms with van der Waals surface area (Å²) >= 11 is 0. The molecule has 1 aromatic rings. The van der Waals surface area contributed by atoms with Crippen LogP contribution in [-0.4, -0.2) is 30.3 Å². The highest BCUT2D eigenvalue weighted by molar-refractivity contribution is 5.96. The van der Waals surface area contributed by atoms with Crippen LogP contribution in [0.1, 0.15) is 29.8 Å². The van der Waals surface area contributed by atoms with Crippen molar-refractivity contribution in [1.82, 2.24) is 5.32 Å². The zero-order valence-electron chi connectivity index (χ0n) is 11.4. The second-order valence-electron chi connectivity index (χ2n) is 4.80. The van der Waals surface area contributed by atoms with Gasteiger partial charge in [0.05, 0.1) is 24.8 Å². The molecule has 0 saturated carbocycles. The molecule has 0 aromatic heterocycles. The SMILES string of the molecule is COc1cc(C)c(C(=O)NC(C)(C)CO)c(F)c1.F. The second-order valence-corrected chi connectivity index (χ2v) is 4.80. The molecule has 0 fully saturated rings. The molecule has 1 aromatic carbocycles. The van der Waals surface area contributed by atoms with E-state index in [9.17, 15) is 9.18 Å². The number of aryl methyl sites for hydroxylation is 1. The van der Waals surface area contributed by atoms with Gasteiger partial charge in [-0.25, -0.2) is 4.39 Å². The normalized spacial score (nSPS) is 10.6. The maximum atomic E-state index is 13.8. The lowest BCUT2D eigenvalue weighted by Crippen LogP contribution is -2.46. The fraction of sp³-hybridized carbons (Fsp3) is 0.462. The van der Waals surface area contributed by atoms with Crippen LogP contribution in [-0.2, 0) is 0 Å². The van der Waals surface area contributed by atoms with Crippen LogP contribution in [0.4, 0.5) is 9.09 Å². The number of benzene rings is 1. The largest absolute Gasteiger partial charge is 0.497 e. The van der Waals surface area contributed by atoms with Gasteiger partial charge in [0.25, 0.3) is 5.91 Å². The van der Waals surface area contributed by atoms with E-state index in [1.54, 1.807) is 26.8 Å². The number of ether oxygens (including phenoxy) is 1. The fourth-order valence-electron chi connectivity index (χ4n) is 1.53. The number of methoxy groups -OCH3 is 1. The molecule has 0 spiro atoms. The molecular formula is C13H19F2NO3. The minimum absolute atomic E-state index is 0. The first-order chi connectivity index (χ1) is 8.30. The Bertz CT molecular complexity index is 438. The van der Waals surface area contributed by atoms with Crippen molar-refractivity contribution in [3.05, 3.63) is 29.1 Å². The van der Waals surface area contributed by atoms with Crippen LogP contribution < -0.4 is 10.1 Å². The Hall–Kier alpha value is -1.69. The Morgan fingerprint density at radius 3 is 2.47 bits per heavy atom. The highest BCUT2D eigenvalue weighted by Gasteiger charge is 2.23. The molecule has 6 heteroatoms. The highest BCUT2D eigenvalue weighted by atomic mass is 19.1. The zero-order valence-corrected chi connectivity index (χ0v) is 11.4. The fourth-order valence-corrected chi connectivity index (χ4v) is 1.53. The van der Waals surface area contributed by atoms with E-state index in [0.717, 1.165) is 6.07 Å². The van der Waals surface area contributed by atoms with Gasteiger partial charge in [0.1, 0.15) is 11.6 Å². The van der Waals surface area contributed by atoms with Crippen LogP contribution in [0.25, 0.3) is 0 Å². The van der Waals surface area contributed by atoms with Crippen molar-refractivity contribution in [1.29, 1.82) is 0 Å². The molecule has 1 amide bonds. The average molecular weight is 275 g/mol. The number of halogens is 2. The number of carbonyl (C=O) groups is 1. The predicted molar refractivity (Wildman–Crippen MR) is 68.8 cm³/mol. The van der Waals surface area contributed by atoms with Crippen LogP contribution in [0.15, 0.2) is 12.1 Å². The van der Waals surface area contributed by atoms with Crippen molar-refractivity contribution in [2.24, 2.45) is 0 Å². The molecular weight excluding hydrogens is 256 g/mol. The van der Waals surface area contributed by atoms with Crippen molar-refractivity contribution >= 4 is 5.91 Å². The van der Waals surface area contributed by atoms with Gasteiger partial charge in [-0.1, -0.05) is 0 Å². The number of rotatable bonds is 4. The Balaban J connectivity index is 0.00000324. The van der Waals surface area contributed by atoms with E-state index in [0.29, 0.717) is 11.3 Å². The Morgan fingerprint density at radius 2 is 2.05 bits per heavy atom. The average Bonchev–Trinajstić information content (AvgIpc) is 2.27. The van der Waals surface area contributed by atoms with Crippen LogP contribution in [0, 0.1) is 12.7 Å². The van der Waals surface area contributed by atoms with Crippen molar-refractivity contribution in [2.75, 3.05) is 13.7 Å². The monoisotopic (exact) mass is 275 g/mol. The summed E-state index contributed by atoms with van der Waals surface area (Å²) in [4.78, 5) is 12.0.